The van der Waals surface area contributed by atoms with Gasteiger partial charge in [-0.3, -0.25) is 0 Å². The van der Waals surface area contributed by atoms with Crippen molar-refractivity contribution in [3.05, 3.63) is 16.3 Å². The second-order valence-electron chi connectivity index (χ2n) is 6.32. The number of aliphatic hydroxyl groups is 1. The number of rotatable bonds is 4. The summed E-state index contributed by atoms with van der Waals surface area (Å²) in [6.07, 6.45) is 3.95. The Hall–Kier alpha value is -0.430. The molecule has 1 aliphatic rings. The number of thiophene rings is 1. The van der Waals surface area contributed by atoms with Crippen molar-refractivity contribution in [2.75, 3.05) is 7.05 Å². The molecule has 0 spiro atoms. The largest absolute Gasteiger partial charge is 0.391 e. The Kier molecular flexibility index (Phi) is 4.59. The third kappa shape index (κ3) is 3.24. The molecule has 0 amide bonds. The zero-order valence-corrected chi connectivity index (χ0v) is 13.9. The quantitative estimate of drug-likeness (QED) is 0.929. The van der Waals surface area contributed by atoms with Crippen molar-refractivity contribution in [1.82, 2.24) is 4.31 Å². The van der Waals surface area contributed by atoms with Gasteiger partial charge in [0.1, 0.15) is 0 Å². The van der Waals surface area contributed by atoms with Gasteiger partial charge < -0.3 is 5.11 Å². The number of hydrogen-bond donors (Lipinski definition) is 1. The molecule has 0 aliphatic heterocycles. The fourth-order valence-corrected chi connectivity index (χ4v) is 5.23. The van der Waals surface area contributed by atoms with E-state index in [4.69, 9.17) is 5.11 Å². The van der Waals surface area contributed by atoms with Gasteiger partial charge in [-0.05, 0) is 37.2 Å². The highest BCUT2D eigenvalue weighted by Crippen LogP contribution is 2.38. The molecular formula is C14H23NO3S2. The van der Waals surface area contributed by atoms with Crippen molar-refractivity contribution in [3.8, 4) is 0 Å². The Morgan fingerprint density at radius 2 is 2.00 bits per heavy atom. The van der Waals surface area contributed by atoms with Crippen molar-refractivity contribution >= 4 is 21.4 Å². The Bertz CT molecular complexity index is 553. The van der Waals surface area contributed by atoms with Crippen LogP contribution in [0.1, 0.15) is 44.4 Å². The van der Waals surface area contributed by atoms with Crippen molar-refractivity contribution in [2.45, 2.75) is 57.1 Å². The fraction of sp³-hybridized carbons (Fsp3) is 0.714. The van der Waals surface area contributed by atoms with Crippen LogP contribution in [0.5, 0.6) is 0 Å². The van der Waals surface area contributed by atoms with E-state index in [1.165, 1.54) is 15.6 Å². The predicted molar refractivity (Wildman–Crippen MR) is 81.2 cm³/mol. The van der Waals surface area contributed by atoms with Gasteiger partial charge in [-0.25, -0.2) is 8.42 Å². The van der Waals surface area contributed by atoms with Gasteiger partial charge in [0.25, 0.3) is 0 Å². The van der Waals surface area contributed by atoms with E-state index >= 15 is 0 Å². The van der Waals surface area contributed by atoms with Crippen LogP contribution >= 0.6 is 11.3 Å². The molecule has 1 fully saturated rings. The van der Waals surface area contributed by atoms with Gasteiger partial charge in [-0.2, -0.15) is 4.31 Å². The Morgan fingerprint density at radius 3 is 2.50 bits per heavy atom. The smallest absolute Gasteiger partial charge is 0.243 e. The van der Waals surface area contributed by atoms with E-state index in [0.717, 1.165) is 25.7 Å². The van der Waals surface area contributed by atoms with E-state index in [1.54, 1.807) is 18.5 Å². The summed E-state index contributed by atoms with van der Waals surface area (Å²) >= 11 is 1.28. The molecule has 1 aromatic rings. The lowest BCUT2D eigenvalue weighted by Gasteiger charge is -2.37. The molecule has 1 N–H and O–H groups in total. The highest BCUT2D eigenvalue weighted by atomic mass is 32.2. The van der Waals surface area contributed by atoms with Gasteiger partial charge in [0.05, 0.1) is 11.5 Å². The summed E-state index contributed by atoms with van der Waals surface area (Å²) < 4.78 is 26.7. The van der Waals surface area contributed by atoms with Gasteiger partial charge in [0.2, 0.25) is 10.0 Å². The van der Waals surface area contributed by atoms with Crippen LogP contribution in [0.3, 0.4) is 0 Å². The zero-order valence-electron chi connectivity index (χ0n) is 12.3. The van der Waals surface area contributed by atoms with Crippen LogP contribution in [0.2, 0.25) is 0 Å². The third-order valence-corrected chi connectivity index (χ3v) is 7.24. The molecule has 0 aromatic carbocycles. The van der Waals surface area contributed by atoms with E-state index in [0.29, 0.717) is 15.2 Å². The first-order valence-electron chi connectivity index (χ1n) is 6.92. The number of hydrogen-bond acceptors (Lipinski definition) is 4. The van der Waals surface area contributed by atoms with Crippen molar-refractivity contribution in [2.24, 2.45) is 5.41 Å². The maximum absolute atomic E-state index is 12.6. The summed E-state index contributed by atoms with van der Waals surface area (Å²) in [6.45, 7) is 4.37. The number of aliphatic hydroxyl groups excluding tert-OH is 1. The summed E-state index contributed by atoms with van der Waals surface area (Å²) in [6, 6.07) is 1.66. The summed E-state index contributed by atoms with van der Waals surface area (Å²) in [5, 5.41) is 10.7. The highest BCUT2D eigenvalue weighted by molar-refractivity contribution is 7.89. The molecule has 1 saturated carbocycles. The molecule has 114 valence electrons. The molecular weight excluding hydrogens is 294 g/mol. The van der Waals surface area contributed by atoms with Crippen molar-refractivity contribution in [1.29, 1.82) is 0 Å². The monoisotopic (exact) mass is 317 g/mol. The summed E-state index contributed by atoms with van der Waals surface area (Å²) in [5.74, 6) is 0. The molecule has 4 nitrogen and oxygen atoms in total. The zero-order chi connectivity index (χ0) is 15.0. The SMILES string of the molecule is CN(C1CCC(C)(C)CC1)S(=O)(=O)c1csc(CO)c1. The van der Waals surface area contributed by atoms with Gasteiger partial charge in [0, 0.05) is 23.3 Å². The Balaban J connectivity index is 2.13. The minimum absolute atomic E-state index is 0.0884. The summed E-state index contributed by atoms with van der Waals surface area (Å²) in [4.78, 5) is 0.987. The Labute approximate surface area is 125 Å². The van der Waals surface area contributed by atoms with Crippen LogP contribution in [-0.4, -0.2) is 30.9 Å². The summed E-state index contributed by atoms with van der Waals surface area (Å²) in [7, 11) is -1.76. The van der Waals surface area contributed by atoms with Gasteiger partial charge >= 0.3 is 0 Å². The van der Waals surface area contributed by atoms with Crippen LogP contribution in [0, 0.1) is 5.41 Å². The molecule has 20 heavy (non-hydrogen) atoms. The normalized spacial score (nSPS) is 20.4. The van der Waals surface area contributed by atoms with Crippen LogP contribution in [-0.2, 0) is 16.6 Å². The lowest BCUT2D eigenvalue weighted by Crippen LogP contribution is -2.40. The van der Waals surface area contributed by atoms with E-state index in [-0.39, 0.29) is 12.6 Å². The molecule has 0 atom stereocenters. The molecule has 0 radical (unpaired) electrons. The molecule has 2 rings (SSSR count). The van der Waals surface area contributed by atoms with E-state index < -0.39 is 10.0 Å². The molecule has 0 bridgehead atoms. The fourth-order valence-electron chi connectivity index (χ4n) is 2.69. The first-order valence-corrected chi connectivity index (χ1v) is 9.24. The molecule has 1 aromatic heterocycles. The summed E-state index contributed by atoms with van der Waals surface area (Å²) in [5.41, 5.74) is 0.327. The van der Waals surface area contributed by atoms with Crippen LogP contribution < -0.4 is 0 Å². The average Bonchev–Trinajstić information content (AvgIpc) is 2.87. The van der Waals surface area contributed by atoms with E-state index in [1.807, 2.05) is 0 Å². The number of sulfonamides is 1. The highest BCUT2D eigenvalue weighted by Gasteiger charge is 2.34. The number of nitrogens with zero attached hydrogens (tertiary/aromatic N) is 1. The Morgan fingerprint density at radius 1 is 1.40 bits per heavy atom. The minimum atomic E-state index is -3.43. The van der Waals surface area contributed by atoms with E-state index in [9.17, 15) is 8.42 Å². The van der Waals surface area contributed by atoms with Gasteiger partial charge in [-0.15, -0.1) is 11.3 Å². The predicted octanol–water partition coefficient (Wildman–Crippen LogP) is 2.83. The second-order valence-corrected chi connectivity index (χ2v) is 9.32. The third-order valence-electron chi connectivity index (χ3n) is 4.29. The molecule has 0 saturated heterocycles. The van der Waals surface area contributed by atoms with Crippen molar-refractivity contribution in [3.63, 3.8) is 0 Å². The topological polar surface area (TPSA) is 57.6 Å². The van der Waals surface area contributed by atoms with E-state index in [2.05, 4.69) is 13.8 Å². The maximum Gasteiger partial charge on any atom is 0.243 e. The second kappa shape index (κ2) is 5.75. The standard InChI is InChI=1S/C14H23NO3S2/c1-14(2)6-4-11(5-7-14)15(3)20(17,18)13-8-12(9-16)19-10-13/h8,10-11,16H,4-7,9H2,1-3H3. The van der Waals surface area contributed by atoms with Crippen LogP contribution in [0.4, 0.5) is 0 Å². The first kappa shape index (κ1) is 15.9. The van der Waals surface area contributed by atoms with Gasteiger partial charge in [0.15, 0.2) is 0 Å². The van der Waals surface area contributed by atoms with Crippen LogP contribution in [0.25, 0.3) is 0 Å². The maximum atomic E-state index is 12.6. The molecule has 1 aliphatic carbocycles. The first-order chi connectivity index (χ1) is 9.26. The lowest BCUT2D eigenvalue weighted by molar-refractivity contribution is 0.174. The van der Waals surface area contributed by atoms with Crippen LogP contribution in [0.15, 0.2) is 16.3 Å². The molecule has 1 heterocycles. The lowest BCUT2D eigenvalue weighted by atomic mass is 9.76. The molecule has 6 heteroatoms. The average molecular weight is 317 g/mol. The van der Waals surface area contributed by atoms with Crippen molar-refractivity contribution < 1.29 is 13.5 Å². The van der Waals surface area contributed by atoms with Gasteiger partial charge in [-0.1, -0.05) is 13.8 Å². The molecule has 0 unspecified atom stereocenters. The minimum Gasteiger partial charge on any atom is -0.391 e.